The summed E-state index contributed by atoms with van der Waals surface area (Å²) in [5.74, 6) is 0.574. The Labute approximate surface area is 58.0 Å². The van der Waals surface area contributed by atoms with Crippen LogP contribution in [-0.4, -0.2) is 17.0 Å². The molecule has 52 valence electrons. The first-order chi connectivity index (χ1) is 4.88. The fraction of sp³-hybridized carbons (Fsp3) is 0.200. The molecule has 0 unspecified atom stereocenters. The summed E-state index contributed by atoms with van der Waals surface area (Å²) >= 11 is 0. The molecule has 10 heavy (non-hydrogen) atoms. The minimum Gasteiger partial charge on any atom is -0.371 e. The highest BCUT2D eigenvalue weighted by molar-refractivity contribution is 5.57. The van der Waals surface area contributed by atoms with Crippen LogP contribution in [0.1, 0.15) is 0 Å². The third-order valence-corrected chi connectivity index (χ3v) is 1.05. The Morgan fingerprint density at radius 2 is 2.50 bits per heavy atom. The fourth-order valence-corrected chi connectivity index (χ4v) is 0.597. The van der Waals surface area contributed by atoms with E-state index >= 15 is 0 Å². The molecule has 1 rings (SSSR count). The Morgan fingerprint density at radius 1 is 1.70 bits per heavy atom. The zero-order valence-corrected chi connectivity index (χ0v) is 5.50. The monoisotopic (exact) mass is 137 g/mol. The van der Waals surface area contributed by atoms with Crippen molar-refractivity contribution in [2.24, 2.45) is 5.11 Å². The average molecular weight is 137 g/mol. The molecular formula is C5H7N5. The first kappa shape index (κ1) is 6.60. The van der Waals surface area contributed by atoms with E-state index in [-0.39, 0.29) is 0 Å². The molecule has 1 heterocycles. The zero-order valence-electron chi connectivity index (χ0n) is 5.50. The second-order valence-electron chi connectivity index (χ2n) is 1.62. The summed E-state index contributed by atoms with van der Waals surface area (Å²) < 4.78 is 0. The van der Waals surface area contributed by atoms with E-state index in [2.05, 4.69) is 20.4 Å². The van der Waals surface area contributed by atoms with Gasteiger partial charge in [0, 0.05) is 7.05 Å². The standard InChI is InChI=1S/C5H7N5/c1-7-5-4(10-6)2-8-3-9-5/h2-3,6H,1H3,(H,7,8,9). The summed E-state index contributed by atoms with van der Waals surface area (Å²) in [6.45, 7) is 0. The highest BCUT2D eigenvalue weighted by Crippen LogP contribution is 2.17. The number of nitrogens with one attached hydrogen (secondary N) is 2. The van der Waals surface area contributed by atoms with Gasteiger partial charge in [0.2, 0.25) is 0 Å². The summed E-state index contributed by atoms with van der Waals surface area (Å²) in [4.78, 5) is 7.53. The van der Waals surface area contributed by atoms with E-state index in [1.165, 1.54) is 12.5 Å². The van der Waals surface area contributed by atoms with Crippen LogP contribution in [0.4, 0.5) is 11.5 Å². The number of aromatic nitrogens is 2. The van der Waals surface area contributed by atoms with E-state index in [4.69, 9.17) is 5.53 Å². The van der Waals surface area contributed by atoms with Gasteiger partial charge >= 0.3 is 0 Å². The lowest BCUT2D eigenvalue weighted by molar-refractivity contribution is 1.08. The van der Waals surface area contributed by atoms with E-state index in [9.17, 15) is 0 Å². The lowest BCUT2D eigenvalue weighted by atomic mass is 10.5. The zero-order chi connectivity index (χ0) is 7.40. The number of nitrogens with zero attached hydrogens (tertiary/aromatic N) is 3. The summed E-state index contributed by atoms with van der Waals surface area (Å²) in [5.41, 5.74) is 7.14. The van der Waals surface area contributed by atoms with Gasteiger partial charge in [0.1, 0.15) is 12.0 Å². The van der Waals surface area contributed by atoms with Crippen LogP contribution in [0.2, 0.25) is 0 Å². The Bertz CT molecular complexity index is 233. The van der Waals surface area contributed by atoms with Crippen LogP contribution in [0.15, 0.2) is 17.6 Å². The van der Waals surface area contributed by atoms with Gasteiger partial charge in [-0.05, 0) is 0 Å². The Morgan fingerprint density at radius 3 is 3.00 bits per heavy atom. The maximum Gasteiger partial charge on any atom is 0.157 e. The second-order valence-corrected chi connectivity index (χ2v) is 1.62. The van der Waals surface area contributed by atoms with Crippen molar-refractivity contribution in [3.63, 3.8) is 0 Å². The van der Waals surface area contributed by atoms with Crippen molar-refractivity contribution in [1.82, 2.24) is 9.97 Å². The normalized spacial score (nSPS) is 8.90. The molecule has 0 aliphatic carbocycles. The van der Waals surface area contributed by atoms with Crippen LogP contribution in [0.25, 0.3) is 0 Å². The molecule has 0 atom stereocenters. The van der Waals surface area contributed by atoms with Gasteiger partial charge in [-0.3, -0.25) is 0 Å². The Hall–Kier alpha value is -1.52. The predicted molar refractivity (Wildman–Crippen MR) is 36.4 cm³/mol. The lowest BCUT2D eigenvalue weighted by Crippen LogP contribution is -1.91. The van der Waals surface area contributed by atoms with Gasteiger partial charge in [0.15, 0.2) is 5.82 Å². The predicted octanol–water partition coefficient (Wildman–Crippen LogP) is 1.18. The molecule has 0 spiro atoms. The van der Waals surface area contributed by atoms with Crippen LogP contribution >= 0.6 is 0 Å². The minimum absolute atomic E-state index is 0.449. The Balaban J connectivity index is 3.08. The first-order valence-electron chi connectivity index (χ1n) is 2.73. The fourth-order valence-electron chi connectivity index (χ4n) is 0.597. The highest BCUT2D eigenvalue weighted by Gasteiger charge is 1.96. The maximum atomic E-state index is 6.69. The lowest BCUT2D eigenvalue weighted by Gasteiger charge is -1.98. The molecule has 0 fully saturated rings. The topological polar surface area (TPSA) is 74.0 Å². The summed E-state index contributed by atoms with van der Waals surface area (Å²) in [7, 11) is 1.72. The van der Waals surface area contributed by atoms with Gasteiger partial charge in [-0.2, -0.15) is 5.11 Å². The number of hydrogen-bond acceptors (Lipinski definition) is 5. The van der Waals surface area contributed by atoms with Crippen LogP contribution in [0, 0.1) is 5.53 Å². The van der Waals surface area contributed by atoms with Crippen LogP contribution in [-0.2, 0) is 0 Å². The van der Waals surface area contributed by atoms with E-state index in [0.29, 0.717) is 11.5 Å². The van der Waals surface area contributed by atoms with Crippen molar-refractivity contribution >= 4 is 11.5 Å². The third kappa shape index (κ3) is 1.07. The SMILES string of the molecule is CNc1ncncc1N=N. The molecule has 5 nitrogen and oxygen atoms in total. The second kappa shape index (κ2) is 2.86. The van der Waals surface area contributed by atoms with Gasteiger partial charge in [-0.25, -0.2) is 15.5 Å². The largest absolute Gasteiger partial charge is 0.371 e. The van der Waals surface area contributed by atoms with Crippen molar-refractivity contribution in [3.05, 3.63) is 12.5 Å². The molecule has 1 aromatic heterocycles. The van der Waals surface area contributed by atoms with Gasteiger partial charge in [0.05, 0.1) is 6.20 Å². The van der Waals surface area contributed by atoms with Gasteiger partial charge < -0.3 is 5.32 Å². The van der Waals surface area contributed by atoms with E-state index in [1.807, 2.05) is 0 Å². The average Bonchev–Trinajstić information content (AvgIpc) is 2.04. The van der Waals surface area contributed by atoms with Crippen molar-refractivity contribution in [3.8, 4) is 0 Å². The molecular weight excluding hydrogens is 130 g/mol. The van der Waals surface area contributed by atoms with Gasteiger partial charge in [-0.1, -0.05) is 0 Å². The summed E-state index contributed by atoms with van der Waals surface area (Å²) in [5, 5.41) is 5.99. The molecule has 0 saturated carbocycles. The molecule has 0 bridgehead atoms. The molecule has 5 heteroatoms. The van der Waals surface area contributed by atoms with E-state index in [1.54, 1.807) is 7.05 Å². The van der Waals surface area contributed by atoms with Crippen LogP contribution < -0.4 is 5.32 Å². The van der Waals surface area contributed by atoms with Crippen molar-refractivity contribution in [2.45, 2.75) is 0 Å². The molecule has 0 amide bonds. The number of anilines is 1. The highest BCUT2D eigenvalue weighted by atomic mass is 15.1. The molecule has 0 aliphatic rings. The maximum absolute atomic E-state index is 6.69. The first-order valence-corrected chi connectivity index (χ1v) is 2.73. The van der Waals surface area contributed by atoms with Crippen molar-refractivity contribution < 1.29 is 0 Å². The Kier molecular flexibility index (Phi) is 1.89. The quantitative estimate of drug-likeness (QED) is 0.601. The van der Waals surface area contributed by atoms with E-state index in [0.717, 1.165) is 0 Å². The van der Waals surface area contributed by atoms with Crippen LogP contribution in [0.3, 0.4) is 0 Å². The number of rotatable bonds is 2. The smallest absolute Gasteiger partial charge is 0.157 e. The molecule has 0 aromatic carbocycles. The third-order valence-electron chi connectivity index (χ3n) is 1.05. The summed E-state index contributed by atoms with van der Waals surface area (Å²) in [6.07, 6.45) is 2.88. The summed E-state index contributed by atoms with van der Waals surface area (Å²) in [6, 6.07) is 0. The van der Waals surface area contributed by atoms with Crippen molar-refractivity contribution in [1.29, 1.82) is 5.53 Å². The molecule has 2 N–H and O–H groups in total. The number of hydrogen-bond donors (Lipinski definition) is 2. The molecule has 0 aliphatic heterocycles. The van der Waals surface area contributed by atoms with Gasteiger partial charge in [-0.15, -0.1) is 0 Å². The van der Waals surface area contributed by atoms with Crippen LogP contribution in [0.5, 0.6) is 0 Å². The molecule has 0 saturated heterocycles. The molecule has 1 aromatic rings. The van der Waals surface area contributed by atoms with E-state index < -0.39 is 0 Å². The van der Waals surface area contributed by atoms with Gasteiger partial charge in [0.25, 0.3) is 0 Å². The van der Waals surface area contributed by atoms with Crippen molar-refractivity contribution in [2.75, 3.05) is 12.4 Å². The molecule has 0 radical (unpaired) electrons. The minimum atomic E-state index is 0.449.